The van der Waals surface area contributed by atoms with E-state index in [4.69, 9.17) is 0 Å². The highest BCUT2D eigenvalue weighted by atomic mass is 19.4. The summed E-state index contributed by atoms with van der Waals surface area (Å²) in [5, 5.41) is 0. The Hall–Kier alpha value is -2.04. The first kappa shape index (κ1) is 12.4. The normalized spacial score (nSPS) is 11.3. The first-order valence-electron chi connectivity index (χ1n) is 5.23. The minimum absolute atomic E-state index is 0.237. The molecule has 0 saturated heterocycles. The van der Waals surface area contributed by atoms with Crippen molar-refractivity contribution in [1.82, 2.24) is 4.98 Å². The van der Waals surface area contributed by atoms with Crippen LogP contribution in [-0.4, -0.2) is 11.3 Å². The van der Waals surface area contributed by atoms with Crippen LogP contribution in [0.3, 0.4) is 0 Å². The second kappa shape index (κ2) is 4.68. The predicted octanol–water partition coefficient (Wildman–Crippen LogP) is 3.96. The van der Waals surface area contributed by atoms with Gasteiger partial charge < -0.3 is 4.74 Å². The van der Waals surface area contributed by atoms with Gasteiger partial charge in [-0.25, -0.2) is 0 Å². The van der Waals surface area contributed by atoms with E-state index < -0.39 is 6.36 Å². The first-order chi connectivity index (χ1) is 8.44. The molecule has 2 rings (SSSR count). The Balaban J connectivity index is 2.22. The fourth-order valence-corrected chi connectivity index (χ4v) is 1.52. The third-order valence-corrected chi connectivity index (χ3v) is 2.30. The van der Waals surface area contributed by atoms with Gasteiger partial charge in [-0.05, 0) is 48.9 Å². The number of pyridine rings is 1. The van der Waals surface area contributed by atoms with E-state index in [1.165, 1.54) is 12.1 Å². The largest absolute Gasteiger partial charge is 0.573 e. The van der Waals surface area contributed by atoms with Crippen LogP contribution in [0.4, 0.5) is 13.2 Å². The Morgan fingerprint density at radius 2 is 1.72 bits per heavy atom. The molecule has 2 aromatic rings. The summed E-state index contributed by atoms with van der Waals surface area (Å²) in [6, 6.07) is 9.34. The van der Waals surface area contributed by atoms with Crippen molar-refractivity contribution in [2.24, 2.45) is 0 Å². The minimum atomic E-state index is -4.66. The van der Waals surface area contributed by atoms with Crippen LogP contribution in [0.15, 0.2) is 42.6 Å². The summed E-state index contributed by atoms with van der Waals surface area (Å²) in [5.41, 5.74) is 2.50. The van der Waals surface area contributed by atoms with Gasteiger partial charge in [-0.3, -0.25) is 4.98 Å². The number of alkyl halides is 3. The maximum Gasteiger partial charge on any atom is 0.573 e. The molecule has 0 spiro atoms. The maximum absolute atomic E-state index is 12.0. The van der Waals surface area contributed by atoms with Crippen molar-refractivity contribution in [2.45, 2.75) is 13.3 Å². The van der Waals surface area contributed by atoms with Crippen molar-refractivity contribution < 1.29 is 17.9 Å². The molecular formula is C13H10F3NO. The zero-order valence-electron chi connectivity index (χ0n) is 9.53. The van der Waals surface area contributed by atoms with E-state index in [-0.39, 0.29) is 5.75 Å². The summed E-state index contributed by atoms with van der Waals surface area (Å²) < 4.78 is 39.7. The molecule has 0 unspecified atom stereocenters. The van der Waals surface area contributed by atoms with Crippen molar-refractivity contribution in [3.63, 3.8) is 0 Å². The van der Waals surface area contributed by atoms with Gasteiger partial charge in [-0.15, -0.1) is 13.2 Å². The molecule has 1 aromatic carbocycles. The second-order valence-corrected chi connectivity index (χ2v) is 3.79. The van der Waals surface area contributed by atoms with E-state index in [1.54, 1.807) is 18.3 Å². The Morgan fingerprint density at radius 1 is 1.06 bits per heavy atom. The van der Waals surface area contributed by atoms with Crippen molar-refractivity contribution in [3.8, 4) is 17.0 Å². The fourth-order valence-electron chi connectivity index (χ4n) is 1.52. The highest BCUT2D eigenvalue weighted by molar-refractivity contribution is 5.60. The van der Waals surface area contributed by atoms with Gasteiger partial charge in [0.15, 0.2) is 0 Å². The highest BCUT2D eigenvalue weighted by Gasteiger charge is 2.30. The molecule has 0 radical (unpaired) electrons. The van der Waals surface area contributed by atoms with Gasteiger partial charge in [-0.1, -0.05) is 0 Å². The van der Waals surface area contributed by atoms with Crippen LogP contribution in [0.2, 0.25) is 0 Å². The zero-order chi connectivity index (χ0) is 13.2. The number of hydrogen-bond donors (Lipinski definition) is 0. The zero-order valence-corrected chi connectivity index (χ0v) is 9.53. The summed E-state index contributed by atoms with van der Waals surface area (Å²) >= 11 is 0. The Morgan fingerprint density at radius 3 is 2.28 bits per heavy atom. The van der Waals surface area contributed by atoms with Crippen LogP contribution in [-0.2, 0) is 0 Å². The summed E-state index contributed by atoms with van der Waals surface area (Å²) in [6.45, 7) is 1.92. The number of ether oxygens (including phenoxy) is 1. The molecule has 18 heavy (non-hydrogen) atoms. The molecule has 5 heteroatoms. The van der Waals surface area contributed by atoms with Gasteiger partial charge >= 0.3 is 6.36 Å². The van der Waals surface area contributed by atoms with E-state index in [0.29, 0.717) is 5.69 Å². The highest BCUT2D eigenvalue weighted by Crippen LogP contribution is 2.25. The predicted molar refractivity (Wildman–Crippen MR) is 61.1 cm³/mol. The van der Waals surface area contributed by atoms with E-state index in [1.807, 2.05) is 19.1 Å². The molecule has 0 fully saturated rings. The van der Waals surface area contributed by atoms with E-state index in [0.717, 1.165) is 11.1 Å². The maximum atomic E-state index is 12.0. The molecule has 94 valence electrons. The number of nitrogens with zero attached hydrogens (tertiary/aromatic N) is 1. The van der Waals surface area contributed by atoms with Crippen LogP contribution >= 0.6 is 0 Å². The van der Waals surface area contributed by atoms with E-state index >= 15 is 0 Å². The molecule has 1 heterocycles. The number of benzene rings is 1. The monoisotopic (exact) mass is 253 g/mol. The quantitative estimate of drug-likeness (QED) is 0.808. The van der Waals surface area contributed by atoms with Crippen molar-refractivity contribution in [3.05, 3.63) is 48.2 Å². The van der Waals surface area contributed by atoms with Crippen molar-refractivity contribution >= 4 is 0 Å². The van der Waals surface area contributed by atoms with Gasteiger partial charge in [0, 0.05) is 11.8 Å². The number of rotatable bonds is 2. The Bertz CT molecular complexity index is 535. The van der Waals surface area contributed by atoms with E-state index in [9.17, 15) is 13.2 Å². The van der Waals surface area contributed by atoms with Crippen LogP contribution in [0, 0.1) is 6.92 Å². The SMILES string of the molecule is Cc1ccnc(-c2ccc(OC(F)(F)F)cc2)c1. The Kier molecular flexibility index (Phi) is 3.23. The third kappa shape index (κ3) is 3.23. The number of aromatic nitrogens is 1. The van der Waals surface area contributed by atoms with Crippen LogP contribution in [0.1, 0.15) is 5.56 Å². The van der Waals surface area contributed by atoms with Gasteiger partial charge in [-0.2, -0.15) is 0 Å². The molecule has 1 aromatic heterocycles. The molecule has 0 saturated carbocycles. The smallest absolute Gasteiger partial charge is 0.406 e. The molecule has 0 aliphatic heterocycles. The number of halogens is 3. The lowest BCUT2D eigenvalue weighted by atomic mass is 10.1. The third-order valence-electron chi connectivity index (χ3n) is 2.30. The minimum Gasteiger partial charge on any atom is -0.406 e. The topological polar surface area (TPSA) is 22.1 Å². The molecule has 0 aliphatic rings. The summed E-state index contributed by atoms with van der Waals surface area (Å²) in [4.78, 5) is 4.15. The standard InChI is InChI=1S/C13H10F3NO/c1-9-6-7-17-12(8-9)10-2-4-11(5-3-10)18-13(14,15)16/h2-8H,1H3. The van der Waals surface area contributed by atoms with Gasteiger partial charge in [0.2, 0.25) is 0 Å². The van der Waals surface area contributed by atoms with Crippen LogP contribution in [0.5, 0.6) is 5.75 Å². The summed E-state index contributed by atoms with van der Waals surface area (Å²) in [6.07, 6.45) is -3.01. The molecule has 0 atom stereocenters. The molecular weight excluding hydrogens is 243 g/mol. The van der Waals surface area contributed by atoms with Gasteiger partial charge in [0.1, 0.15) is 5.75 Å². The van der Waals surface area contributed by atoms with Crippen LogP contribution < -0.4 is 4.74 Å². The van der Waals surface area contributed by atoms with Crippen molar-refractivity contribution in [1.29, 1.82) is 0 Å². The van der Waals surface area contributed by atoms with E-state index in [2.05, 4.69) is 9.72 Å². The van der Waals surface area contributed by atoms with Gasteiger partial charge in [0.25, 0.3) is 0 Å². The number of hydrogen-bond acceptors (Lipinski definition) is 2. The average Bonchev–Trinajstić information content (AvgIpc) is 2.28. The molecule has 0 amide bonds. The fraction of sp³-hybridized carbons (Fsp3) is 0.154. The molecule has 0 bridgehead atoms. The van der Waals surface area contributed by atoms with Gasteiger partial charge in [0.05, 0.1) is 5.69 Å². The first-order valence-corrected chi connectivity index (χ1v) is 5.23. The lowest BCUT2D eigenvalue weighted by Crippen LogP contribution is -2.16. The molecule has 0 N–H and O–H groups in total. The van der Waals surface area contributed by atoms with Crippen molar-refractivity contribution in [2.75, 3.05) is 0 Å². The second-order valence-electron chi connectivity index (χ2n) is 3.79. The van der Waals surface area contributed by atoms with Crippen LogP contribution in [0.25, 0.3) is 11.3 Å². The average molecular weight is 253 g/mol. The summed E-state index contributed by atoms with van der Waals surface area (Å²) in [7, 11) is 0. The Labute approximate surface area is 102 Å². The molecule has 2 nitrogen and oxygen atoms in total. The molecule has 0 aliphatic carbocycles. The number of aryl methyl sites for hydroxylation is 1. The lowest BCUT2D eigenvalue weighted by molar-refractivity contribution is -0.274. The summed E-state index contributed by atoms with van der Waals surface area (Å²) in [5.74, 6) is -0.237. The lowest BCUT2D eigenvalue weighted by Gasteiger charge is -2.09.